The lowest BCUT2D eigenvalue weighted by Gasteiger charge is -2.07. The van der Waals surface area contributed by atoms with Crippen LogP contribution in [0.15, 0.2) is 48.5 Å². The van der Waals surface area contributed by atoms with Crippen LogP contribution in [0.3, 0.4) is 0 Å². The van der Waals surface area contributed by atoms with Gasteiger partial charge in [0.15, 0.2) is 5.78 Å². The summed E-state index contributed by atoms with van der Waals surface area (Å²) in [4.78, 5) is 46.7. The Morgan fingerprint density at radius 1 is 0.875 bits per heavy atom. The molecule has 0 saturated heterocycles. The van der Waals surface area contributed by atoms with Crippen molar-refractivity contribution in [1.82, 2.24) is 5.32 Å². The van der Waals surface area contributed by atoms with Crippen LogP contribution in [-0.4, -0.2) is 23.5 Å². The molecule has 0 saturated carbocycles. The molecule has 0 spiro atoms. The van der Waals surface area contributed by atoms with Gasteiger partial charge in [-0.1, -0.05) is 12.1 Å². The van der Waals surface area contributed by atoms with Crippen LogP contribution in [0.4, 0.5) is 11.4 Å². The van der Waals surface area contributed by atoms with E-state index in [9.17, 15) is 19.2 Å². The molecule has 7 heteroatoms. The van der Waals surface area contributed by atoms with Gasteiger partial charge in [0, 0.05) is 16.9 Å². The summed E-state index contributed by atoms with van der Waals surface area (Å²) in [5.74, 6) is -3.00. The first-order chi connectivity index (χ1) is 11.4. The molecule has 4 N–H and O–H groups in total. The van der Waals surface area contributed by atoms with Gasteiger partial charge < -0.3 is 11.1 Å². The van der Waals surface area contributed by atoms with Gasteiger partial charge in [-0.15, -0.1) is 0 Å². The van der Waals surface area contributed by atoms with Gasteiger partial charge in [0.25, 0.3) is 5.91 Å². The van der Waals surface area contributed by atoms with Crippen LogP contribution in [-0.2, 0) is 9.59 Å². The van der Waals surface area contributed by atoms with Gasteiger partial charge in [-0.05, 0) is 43.3 Å². The molecule has 0 heterocycles. The van der Waals surface area contributed by atoms with Gasteiger partial charge in [0.05, 0.1) is 5.56 Å². The number of Topliss-reactive ketones (excluding diaryl/α,β-unsaturated/α-hetero) is 1. The molecule has 0 radical (unpaired) electrons. The second kappa shape index (κ2) is 7.19. The number of ketones is 1. The van der Waals surface area contributed by atoms with E-state index in [0.29, 0.717) is 11.3 Å². The second-order valence-corrected chi connectivity index (χ2v) is 4.96. The van der Waals surface area contributed by atoms with E-state index in [-0.39, 0.29) is 17.0 Å². The molecular formula is C17H15N3O4. The van der Waals surface area contributed by atoms with E-state index < -0.39 is 17.7 Å². The summed E-state index contributed by atoms with van der Waals surface area (Å²) >= 11 is 0. The molecule has 2 aromatic rings. The van der Waals surface area contributed by atoms with Crippen molar-refractivity contribution in [2.24, 2.45) is 0 Å². The number of para-hydroxylation sites is 1. The van der Waals surface area contributed by atoms with Gasteiger partial charge in [0.2, 0.25) is 0 Å². The van der Waals surface area contributed by atoms with Gasteiger partial charge in [-0.3, -0.25) is 24.5 Å². The summed E-state index contributed by atoms with van der Waals surface area (Å²) in [5, 5.41) is 4.30. The molecule has 0 aromatic heterocycles. The highest BCUT2D eigenvalue weighted by atomic mass is 16.2. The molecule has 0 fully saturated rings. The van der Waals surface area contributed by atoms with Crippen molar-refractivity contribution in [3.63, 3.8) is 0 Å². The number of nitrogen functional groups attached to an aromatic ring is 1. The van der Waals surface area contributed by atoms with E-state index in [4.69, 9.17) is 5.73 Å². The molecule has 0 unspecified atom stereocenters. The third kappa shape index (κ3) is 4.04. The number of hydrogen-bond donors (Lipinski definition) is 3. The second-order valence-electron chi connectivity index (χ2n) is 4.96. The Labute approximate surface area is 137 Å². The molecule has 2 rings (SSSR count). The highest BCUT2D eigenvalue weighted by molar-refractivity contribution is 6.42. The topological polar surface area (TPSA) is 118 Å². The highest BCUT2D eigenvalue weighted by Gasteiger charge is 2.19. The maximum Gasteiger partial charge on any atom is 0.316 e. The molecule has 122 valence electrons. The van der Waals surface area contributed by atoms with E-state index in [2.05, 4.69) is 5.32 Å². The number of hydrogen-bond acceptors (Lipinski definition) is 5. The van der Waals surface area contributed by atoms with Gasteiger partial charge in [-0.25, -0.2) is 0 Å². The average Bonchev–Trinajstić information content (AvgIpc) is 2.55. The Balaban J connectivity index is 1.99. The summed E-state index contributed by atoms with van der Waals surface area (Å²) in [6, 6.07) is 12.2. The van der Waals surface area contributed by atoms with Crippen molar-refractivity contribution < 1.29 is 19.2 Å². The highest BCUT2D eigenvalue weighted by Crippen LogP contribution is 2.11. The minimum absolute atomic E-state index is 0.101. The Morgan fingerprint density at radius 2 is 1.50 bits per heavy atom. The summed E-state index contributed by atoms with van der Waals surface area (Å²) in [5.41, 5.74) is 6.74. The normalized spacial score (nSPS) is 9.88. The number of amides is 3. The van der Waals surface area contributed by atoms with E-state index in [0.717, 1.165) is 0 Å². The third-order valence-corrected chi connectivity index (χ3v) is 3.19. The lowest BCUT2D eigenvalue weighted by molar-refractivity contribution is -0.135. The van der Waals surface area contributed by atoms with E-state index in [1.54, 1.807) is 12.1 Å². The number of carbonyl (C=O) groups excluding carboxylic acids is 4. The van der Waals surface area contributed by atoms with Crippen LogP contribution < -0.4 is 16.4 Å². The first kappa shape index (κ1) is 16.9. The zero-order valence-corrected chi connectivity index (χ0v) is 12.8. The van der Waals surface area contributed by atoms with Crippen LogP contribution in [0.5, 0.6) is 0 Å². The maximum absolute atomic E-state index is 11.9. The van der Waals surface area contributed by atoms with E-state index >= 15 is 0 Å². The summed E-state index contributed by atoms with van der Waals surface area (Å²) < 4.78 is 0. The number of carbonyl (C=O) groups is 4. The molecular weight excluding hydrogens is 310 g/mol. The molecule has 2 aromatic carbocycles. The van der Waals surface area contributed by atoms with Crippen molar-refractivity contribution in [2.45, 2.75) is 6.92 Å². The van der Waals surface area contributed by atoms with Crippen molar-refractivity contribution in [1.29, 1.82) is 0 Å². The minimum Gasteiger partial charge on any atom is -0.398 e. The fourth-order valence-electron chi connectivity index (χ4n) is 1.91. The molecule has 0 aliphatic heterocycles. The van der Waals surface area contributed by atoms with Crippen LogP contribution in [0.25, 0.3) is 0 Å². The van der Waals surface area contributed by atoms with E-state index in [1.807, 2.05) is 5.32 Å². The van der Waals surface area contributed by atoms with E-state index in [1.165, 1.54) is 43.3 Å². The zero-order valence-electron chi connectivity index (χ0n) is 12.8. The van der Waals surface area contributed by atoms with Crippen LogP contribution in [0, 0.1) is 0 Å². The Hall–Kier alpha value is -3.48. The lowest BCUT2D eigenvalue weighted by Crippen LogP contribution is -2.39. The van der Waals surface area contributed by atoms with Crippen LogP contribution >= 0.6 is 0 Å². The smallest absolute Gasteiger partial charge is 0.316 e. The van der Waals surface area contributed by atoms with Crippen molar-refractivity contribution in [3.8, 4) is 0 Å². The number of rotatable bonds is 3. The number of nitrogens with two attached hydrogens (primary N) is 1. The SMILES string of the molecule is CC(=O)c1ccc(NC(=O)C(=O)NC(=O)c2ccccc2N)cc1. The first-order valence-electron chi connectivity index (χ1n) is 7.00. The summed E-state index contributed by atoms with van der Waals surface area (Å²) in [6.07, 6.45) is 0. The molecule has 0 aliphatic carbocycles. The number of nitrogens with one attached hydrogen (secondary N) is 2. The molecule has 7 nitrogen and oxygen atoms in total. The average molecular weight is 325 g/mol. The standard InChI is InChI=1S/C17H15N3O4/c1-10(21)11-6-8-12(9-7-11)19-16(23)17(24)20-15(22)13-4-2-3-5-14(13)18/h2-9H,18H2,1H3,(H,19,23)(H,20,22,24). The Kier molecular flexibility index (Phi) is 5.06. The molecule has 3 amide bonds. The number of imide groups is 1. The fourth-order valence-corrected chi connectivity index (χ4v) is 1.91. The molecule has 0 atom stereocenters. The first-order valence-corrected chi connectivity index (χ1v) is 7.00. The molecule has 24 heavy (non-hydrogen) atoms. The van der Waals surface area contributed by atoms with Gasteiger partial charge in [0.1, 0.15) is 0 Å². The van der Waals surface area contributed by atoms with Crippen LogP contribution in [0.2, 0.25) is 0 Å². The number of benzene rings is 2. The zero-order chi connectivity index (χ0) is 17.7. The fraction of sp³-hybridized carbons (Fsp3) is 0.0588. The molecule has 0 aliphatic rings. The predicted octanol–water partition coefficient (Wildman–Crippen LogP) is 1.37. The third-order valence-electron chi connectivity index (χ3n) is 3.19. The van der Waals surface area contributed by atoms with Gasteiger partial charge in [-0.2, -0.15) is 0 Å². The molecule has 0 bridgehead atoms. The van der Waals surface area contributed by atoms with Crippen molar-refractivity contribution >= 4 is 34.9 Å². The summed E-state index contributed by atoms with van der Waals surface area (Å²) in [7, 11) is 0. The maximum atomic E-state index is 11.9. The van der Waals surface area contributed by atoms with Gasteiger partial charge >= 0.3 is 11.8 Å². The Bertz CT molecular complexity index is 813. The lowest BCUT2D eigenvalue weighted by atomic mass is 10.1. The van der Waals surface area contributed by atoms with Crippen molar-refractivity contribution in [2.75, 3.05) is 11.1 Å². The predicted molar refractivity (Wildman–Crippen MR) is 88.4 cm³/mol. The monoisotopic (exact) mass is 325 g/mol. The largest absolute Gasteiger partial charge is 0.398 e. The summed E-state index contributed by atoms with van der Waals surface area (Å²) in [6.45, 7) is 1.42. The van der Waals surface area contributed by atoms with Crippen LogP contribution in [0.1, 0.15) is 27.6 Å². The quantitative estimate of drug-likeness (QED) is 0.447. The Morgan fingerprint density at radius 3 is 2.08 bits per heavy atom. The minimum atomic E-state index is -1.11. The van der Waals surface area contributed by atoms with Crippen molar-refractivity contribution in [3.05, 3.63) is 59.7 Å². The number of anilines is 2.